The number of benzene rings is 1. The van der Waals surface area contributed by atoms with Crippen molar-refractivity contribution < 1.29 is 23.4 Å². The summed E-state index contributed by atoms with van der Waals surface area (Å²) < 4.78 is 32.0. The van der Waals surface area contributed by atoms with Crippen molar-refractivity contribution in [2.24, 2.45) is 5.92 Å². The summed E-state index contributed by atoms with van der Waals surface area (Å²) in [6.07, 6.45) is 6.47. The zero-order valence-corrected chi connectivity index (χ0v) is 28.3. The van der Waals surface area contributed by atoms with Crippen LogP contribution < -0.4 is 4.74 Å². The minimum Gasteiger partial charge on any atom is -0.497 e. The molecule has 210 valence electrons. The molecule has 5 nitrogen and oxygen atoms in total. The van der Waals surface area contributed by atoms with Gasteiger partial charge < -0.3 is 23.4 Å². The normalized spacial score (nSPS) is 22.6. The molecule has 1 heterocycles. The molecule has 0 N–H and O–H groups in total. The molecule has 8 heteroatoms. The van der Waals surface area contributed by atoms with E-state index in [9.17, 15) is 0 Å². The van der Waals surface area contributed by atoms with Gasteiger partial charge in [0.2, 0.25) is 0 Å². The molecular weight excluding hydrogens is 616 g/mol. The molecule has 1 aromatic rings. The lowest BCUT2D eigenvalue weighted by Gasteiger charge is -2.39. The highest BCUT2D eigenvalue weighted by Gasteiger charge is 2.44. The monoisotopic (exact) mass is 660 g/mol. The first kappa shape index (κ1) is 32.7. The van der Waals surface area contributed by atoms with Gasteiger partial charge in [0.05, 0.1) is 23.2 Å². The molecule has 1 saturated heterocycles. The molecule has 1 aliphatic heterocycles. The Morgan fingerprint density at radius 3 is 2.24 bits per heavy atom. The van der Waals surface area contributed by atoms with Crippen molar-refractivity contribution in [3.8, 4) is 5.75 Å². The number of rotatable bonds is 12. The van der Waals surface area contributed by atoms with Crippen LogP contribution in [0.2, 0.25) is 18.1 Å². The quantitative estimate of drug-likeness (QED) is 0.166. The maximum atomic E-state index is 6.65. The van der Waals surface area contributed by atoms with E-state index in [4.69, 9.17) is 23.4 Å². The van der Waals surface area contributed by atoms with Gasteiger partial charge in [-0.05, 0) is 101 Å². The summed E-state index contributed by atoms with van der Waals surface area (Å²) in [5, 5.41) is 0.166. The summed E-state index contributed by atoms with van der Waals surface area (Å²) in [4.78, 5) is 0. The van der Waals surface area contributed by atoms with Gasteiger partial charge in [0.25, 0.3) is 0 Å². The van der Waals surface area contributed by atoms with E-state index in [1.165, 1.54) is 0 Å². The topological polar surface area (TPSA) is 46.2 Å². The Balaban J connectivity index is 2.25. The molecule has 0 bridgehead atoms. The molecule has 1 aliphatic rings. The van der Waals surface area contributed by atoms with Gasteiger partial charge in [0.15, 0.2) is 14.1 Å². The Hall–Kier alpha value is -0.483. The Bertz CT molecular complexity index is 904. The summed E-state index contributed by atoms with van der Waals surface area (Å²) in [5.74, 6) is 0.347. The van der Waals surface area contributed by atoms with Crippen LogP contribution in [0.5, 0.6) is 5.75 Å². The van der Waals surface area contributed by atoms with Gasteiger partial charge in [-0.15, -0.1) is 0 Å². The SMILES string of the molecule is COc1ccc(CO[C@H](/C=C\[C@@H](C)[C@@H](C)O[Si](C)(C)C(C)(C)C)[C@H]2OC(C)(C)O[C@H]2CC=C(Br)Br)cc1. The first-order valence-electron chi connectivity index (χ1n) is 13.0. The second-order valence-electron chi connectivity index (χ2n) is 11.8. The molecular formula is C29H46Br2O5Si. The first-order valence-corrected chi connectivity index (χ1v) is 17.5. The van der Waals surface area contributed by atoms with Crippen LogP contribution in [0, 0.1) is 5.92 Å². The molecule has 2 rings (SSSR count). The van der Waals surface area contributed by atoms with Crippen LogP contribution in [-0.2, 0) is 25.2 Å². The third kappa shape index (κ3) is 10.2. The van der Waals surface area contributed by atoms with Crippen LogP contribution in [0.4, 0.5) is 0 Å². The van der Waals surface area contributed by atoms with Crippen LogP contribution in [0.1, 0.15) is 60.5 Å². The van der Waals surface area contributed by atoms with Gasteiger partial charge in [-0.25, -0.2) is 0 Å². The first-order chi connectivity index (χ1) is 17.0. The molecule has 1 aromatic carbocycles. The van der Waals surface area contributed by atoms with Crippen molar-refractivity contribution in [1.82, 2.24) is 0 Å². The van der Waals surface area contributed by atoms with Crippen LogP contribution in [0.15, 0.2) is 45.9 Å². The summed E-state index contributed by atoms with van der Waals surface area (Å²) in [7, 11) is -0.198. The van der Waals surface area contributed by atoms with Gasteiger partial charge in [0.1, 0.15) is 18.0 Å². The van der Waals surface area contributed by atoms with Crippen LogP contribution in [0.3, 0.4) is 0 Å². The van der Waals surface area contributed by atoms with Crippen molar-refractivity contribution in [1.29, 1.82) is 0 Å². The Morgan fingerprint density at radius 1 is 1.08 bits per heavy atom. The molecule has 0 aliphatic carbocycles. The van der Waals surface area contributed by atoms with E-state index in [-0.39, 0.29) is 35.4 Å². The van der Waals surface area contributed by atoms with Crippen molar-refractivity contribution in [2.45, 2.75) is 110 Å². The molecule has 0 saturated carbocycles. The number of ether oxygens (including phenoxy) is 4. The van der Waals surface area contributed by atoms with E-state index in [0.29, 0.717) is 13.0 Å². The van der Waals surface area contributed by atoms with Gasteiger partial charge in [-0.1, -0.05) is 58.1 Å². The number of halogens is 2. The summed E-state index contributed by atoms with van der Waals surface area (Å²) >= 11 is 6.92. The summed E-state index contributed by atoms with van der Waals surface area (Å²) in [5.41, 5.74) is 1.07. The van der Waals surface area contributed by atoms with E-state index in [2.05, 4.69) is 91.7 Å². The minimum absolute atomic E-state index is 0.0969. The third-order valence-corrected chi connectivity index (χ3v) is 12.5. The number of hydrogen-bond donors (Lipinski definition) is 0. The lowest BCUT2D eigenvalue weighted by Crippen LogP contribution is -2.44. The third-order valence-electron chi connectivity index (χ3n) is 7.28. The van der Waals surface area contributed by atoms with E-state index in [1.54, 1.807) is 7.11 Å². The molecule has 0 aromatic heterocycles. The van der Waals surface area contributed by atoms with E-state index in [1.807, 2.05) is 44.2 Å². The lowest BCUT2D eigenvalue weighted by molar-refractivity contribution is -0.156. The van der Waals surface area contributed by atoms with Gasteiger partial charge in [0, 0.05) is 6.10 Å². The fraction of sp³-hybridized carbons (Fsp3) is 0.655. The lowest BCUT2D eigenvalue weighted by atomic mass is 10.0. The van der Waals surface area contributed by atoms with Crippen molar-refractivity contribution >= 4 is 40.2 Å². The van der Waals surface area contributed by atoms with Crippen molar-refractivity contribution in [3.05, 3.63) is 51.4 Å². The average molecular weight is 663 g/mol. The average Bonchev–Trinajstić information content (AvgIpc) is 3.11. The molecule has 0 amide bonds. The Labute approximate surface area is 242 Å². The zero-order valence-electron chi connectivity index (χ0n) is 24.1. The Morgan fingerprint density at radius 2 is 1.70 bits per heavy atom. The fourth-order valence-electron chi connectivity index (χ4n) is 3.89. The largest absolute Gasteiger partial charge is 0.497 e. The van der Waals surface area contributed by atoms with Crippen LogP contribution in [0.25, 0.3) is 0 Å². The van der Waals surface area contributed by atoms with Gasteiger partial charge >= 0.3 is 0 Å². The number of methoxy groups -OCH3 is 1. The highest BCUT2D eigenvalue weighted by molar-refractivity contribution is 9.28. The predicted octanol–water partition coefficient (Wildman–Crippen LogP) is 8.72. The minimum atomic E-state index is -1.87. The molecule has 0 spiro atoms. The highest BCUT2D eigenvalue weighted by atomic mass is 79.9. The van der Waals surface area contributed by atoms with Gasteiger partial charge in [-0.2, -0.15) is 0 Å². The van der Waals surface area contributed by atoms with E-state index < -0.39 is 14.1 Å². The maximum Gasteiger partial charge on any atom is 0.192 e. The van der Waals surface area contributed by atoms with E-state index in [0.717, 1.165) is 14.7 Å². The smallest absolute Gasteiger partial charge is 0.192 e. The van der Waals surface area contributed by atoms with Crippen LogP contribution in [-0.4, -0.2) is 45.6 Å². The van der Waals surface area contributed by atoms with Crippen molar-refractivity contribution in [2.75, 3.05) is 7.11 Å². The molecule has 0 radical (unpaired) electrons. The molecule has 5 atom stereocenters. The standard InChI is InChI=1S/C29H46Br2O5Si/c1-20(21(2)36-37(9,10)28(3,4)5)11-16-24(33-19-22-12-14-23(32-8)15-13-22)27-25(17-18-26(30)31)34-29(6,7)35-27/h11-16,18,20-21,24-25,27H,17,19H2,1-10H3/b16-11-/t20-,21-,24-,25+,27-/m1/s1. The predicted molar refractivity (Wildman–Crippen MR) is 162 cm³/mol. The maximum absolute atomic E-state index is 6.65. The Kier molecular flexibility index (Phi) is 12.1. The summed E-state index contributed by atoms with van der Waals surface area (Å²) in [6, 6.07) is 7.95. The number of hydrogen-bond acceptors (Lipinski definition) is 5. The summed E-state index contributed by atoms with van der Waals surface area (Å²) in [6.45, 7) is 20.1. The van der Waals surface area contributed by atoms with Crippen molar-refractivity contribution in [3.63, 3.8) is 0 Å². The van der Waals surface area contributed by atoms with Gasteiger partial charge in [-0.3, -0.25) is 0 Å². The fourth-order valence-corrected chi connectivity index (χ4v) is 5.76. The molecule has 1 fully saturated rings. The second-order valence-corrected chi connectivity index (χ2v) is 19.3. The second kappa shape index (κ2) is 13.7. The van der Waals surface area contributed by atoms with E-state index >= 15 is 0 Å². The highest BCUT2D eigenvalue weighted by Crippen LogP contribution is 2.38. The molecule has 0 unspecified atom stereocenters. The molecule has 37 heavy (non-hydrogen) atoms. The van der Waals surface area contributed by atoms with Crippen LogP contribution >= 0.6 is 31.9 Å². The zero-order chi connectivity index (χ0) is 28.0.